The summed E-state index contributed by atoms with van der Waals surface area (Å²) < 4.78 is 9.39. The van der Waals surface area contributed by atoms with Crippen LogP contribution in [0.15, 0.2) is 36.9 Å². The highest BCUT2D eigenvalue weighted by Crippen LogP contribution is 2.20. The summed E-state index contributed by atoms with van der Waals surface area (Å²) in [6, 6.07) is 6.65. The molecule has 1 amide bonds. The molecule has 2 aliphatic rings. The van der Waals surface area contributed by atoms with Crippen molar-refractivity contribution in [1.29, 1.82) is 0 Å². The predicted molar refractivity (Wildman–Crippen MR) is 121 cm³/mol. The summed E-state index contributed by atoms with van der Waals surface area (Å²) in [7, 11) is 4.21. The predicted octanol–water partition coefficient (Wildman–Crippen LogP) is 1.52. The average Bonchev–Trinajstić information content (AvgIpc) is 3.45. The number of imidazole rings is 2. The van der Waals surface area contributed by atoms with E-state index in [1.165, 1.54) is 0 Å². The van der Waals surface area contributed by atoms with Gasteiger partial charge in [0.2, 0.25) is 5.95 Å². The maximum absolute atomic E-state index is 13.0. The third kappa shape index (κ3) is 4.15. The van der Waals surface area contributed by atoms with Crippen LogP contribution in [0.2, 0.25) is 0 Å². The molecule has 0 bridgehead atoms. The molecule has 3 aromatic rings. The van der Waals surface area contributed by atoms with Crippen LogP contribution in [0, 0.1) is 0 Å². The summed E-state index contributed by atoms with van der Waals surface area (Å²) in [6.07, 6.45) is 7.50. The van der Waals surface area contributed by atoms with Crippen LogP contribution >= 0.6 is 0 Å². The van der Waals surface area contributed by atoms with Crippen LogP contribution in [0.25, 0.3) is 11.5 Å². The number of morpholine rings is 1. The van der Waals surface area contributed by atoms with Crippen molar-refractivity contribution >= 4 is 11.4 Å². The van der Waals surface area contributed by atoms with Crippen LogP contribution in [0.4, 0.5) is 0 Å². The van der Waals surface area contributed by atoms with Crippen molar-refractivity contribution in [3.63, 3.8) is 0 Å². The number of likely N-dealkylation sites (tertiary alicyclic amines) is 1. The highest BCUT2D eigenvalue weighted by atomic mass is 16.5. The molecule has 32 heavy (non-hydrogen) atoms. The molecule has 0 radical (unpaired) electrons. The Balaban J connectivity index is 1.37. The van der Waals surface area contributed by atoms with Crippen LogP contribution in [0.1, 0.15) is 29.0 Å². The maximum atomic E-state index is 13.0. The lowest BCUT2D eigenvalue weighted by atomic mass is 10.0. The second kappa shape index (κ2) is 9.01. The van der Waals surface area contributed by atoms with Gasteiger partial charge in [-0.2, -0.15) is 0 Å². The first kappa shape index (κ1) is 21.1. The lowest BCUT2D eigenvalue weighted by Gasteiger charge is -2.34. The molecule has 2 aliphatic heterocycles. The minimum Gasteiger partial charge on any atom is -0.379 e. The molecule has 2 saturated heterocycles. The Hall–Kier alpha value is -2.75. The Morgan fingerprint density at radius 3 is 2.69 bits per heavy atom. The van der Waals surface area contributed by atoms with Gasteiger partial charge in [0.15, 0.2) is 0 Å². The number of fused-ring (bicyclic) bond motifs is 1. The van der Waals surface area contributed by atoms with Crippen LogP contribution in [-0.4, -0.2) is 99.1 Å². The summed E-state index contributed by atoms with van der Waals surface area (Å²) in [4.78, 5) is 28.9. The van der Waals surface area contributed by atoms with Crippen molar-refractivity contribution in [1.82, 2.24) is 33.6 Å². The molecule has 0 aliphatic carbocycles. The standard InChI is InChI=1S/C23H31N7O2/c1-26(2)18-6-9-28(10-7-18)22(31)20-16-29(17-24-20)23-25-19(15-27-11-13-32-14-12-27)21-5-3-4-8-30(21)23/h3-5,8,16-18H,6-7,9-15H2,1-2H3. The first-order chi connectivity index (χ1) is 15.6. The van der Waals surface area contributed by atoms with Crippen LogP contribution in [0.3, 0.4) is 0 Å². The minimum atomic E-state index is -0.00430. The van der Waals surface area contributed by atoms with Gasteiger partial charge < -0.3 is 14.5 Å². The van der Waals surface area contributed by atoms with Gasteiger partial charge in [-0.1, -0.05) is 6.07 Å². The Kier molecular flexibility index (Phi) is 5.95. The Morgan fingerprint density at radius 2 is 1.94 bits per heavy atom. The number of aromatic nitrogens is 4. The zero-order valence-electron chi connectivity index (χ0n) is 18.9. The average molecular weight is 438 g/mol. The molecule has 0 unspecified atom stereocenters. The summed E-state index contributed by atoms with van der Waals surface area (Å²) >= 11 is 0. The number of piperidine rings is 1. The van der Waals surface area contributed by atoms with E-state index in [1.807, 2.05) is 27.8 Å². The molecule has 9 heteroatoms. The topological polar surface area (TPSA) is 71.1 Å². The fourth-order valence-corrected chi connectivity index (χ4v) is 4.64. The van der Waals surface area contributed by atoms with Crippen LogP contribution in [-0.2, 0) is 11.3 Å². The van der Waals surface area contributed by atoms with E-state index in [4.69, 9.17) is 9.72 Å². The first-order valence-corrected chi connectivity index (χ1v) is 11.4. The van der Waals surface area contributed by atoms with E-state index in [9.17, 15) is 4.79 Å². The number of nitrogens with zero attached hydrogens (tertiary/aromatic N) is 7. The molecule has 2 fully saturated rings. The van der Waals surface area contributed by atoms with E-state index < -0.39 is 0 Å². The number of rotatable bonds is 5. The second-order valence-corrected chi connectivity index (χ2v) is 8.86. The fourth-order valence-electron chi connectivity index (χ4n) is 4.64. The third-order valence-electron chi connectivity index (χ3n) is 6.60. The Labute approximate surface area is 188 Å². The summed E-state index contributed by atoms with van der Waals surface area (Å²) in [5.41, 5.74) is 2.56. The van der Waals surface area contributed by atoms with Crippen LogP contribution < -0.4 is 0 Å². The highest BCUT2D eigenvalue weighted by molar-refractivity contribution is 5.92. The number of hydrogen-bond acceptors (Lipinski definition) is 6. The van der Waals surface area contributed by atoms with Crippen molar-refractivity contribution in [2.75, 3.05) is 53.5 Å². The smallest absolute Gasteiger partial charge is 0.274 e. The summed E-state index contributed by atoms with van der Waals surface area (Å²) in [6.45, 7) is 5.66. The molecule has 0 saturated carbocycles. The van der Waals surface area contributed by atoms with E-state index in [0.29, 0.717) is 11.7 Å². The number of carbonyl (C=O) groups is 1. The van der Waals surface area contributed by atoms with E-state index >= 15 is 0 Å². The highest BCUT2D eigenvalue weighted by Gasteiger charge is 2.26. The van der Waals surface area contributed by atoms with Crippen molar-refractivity contribution < 1.29 is 9.53 Å². The Bertz CT molecular complexity index is 1080. The van der Waals surface area contributed by atoms with E-state index in [2.05, 4.69) is 39.3 Å². The van der Waals surface area contributed by atoms with Gasteiger partial charge in [0.25, 0.3) is 5.91 Å². The Morgan fingerprint density at radius 1 is 1.16 bits per heavy atom. The van der Waals surface area contributed by atoms with Gasteiger partial charge in [0, 0.05) is 51.2 Å². The molecular weight excluding hydrogens is 406 g/mol. The number of hydrogen-bond donors (Lipinski definition) is 0. The normalized spacial score (nSPS) is 18.7. The molecule has 0 aromatic carbocycles. The fraction of sp³-hybridized carbons (Fsp3) is 0.522. The molecule has 5 heterocycles. The van der Waals surface area contributed by atoms with Gasteiger partial charge >= 0.3 is 0 Å². The third-order valence-corrected chi connectivity index (χ3v) is 6.60. The van der Waals surface area contributed by atoms with Gasteiger partial charge in [-0.3, -0.25) is 18.7 Å². The van der Waals surface area contributed by atoms with Gasteiger partial charge in [-0.15, -0.1) is 0 Å². The van der Waals surface area contributed by atoms with E-state index in [1.54, 1.807) is 12.5 Å². The number of pyridine rings is 1. The lowest BCUT2D eigenvalue weighted by molar-refractivity contribution is 0.0339. The second-order valence-electron chi connectivity index (χ2n) is 8.86. The molecule has 5 rings (SSSR count). The quantitative estimate of drug-likeness (QED) is 0.603. The van der Waals surface area contributed by atoms with Gasteiger partial charge in [0.1, 0.15) is 12.0 Å². The molecule has 0 N–H and O–H groups in total. The van der Waals surface area contributed by atoms with Gasteiger partial charge in [-0.05, 0) is 39.1 Å². The zero-order valence-corrected chi connectivity index (χ0v) is 18.9. The van der Waals surface area contributed by atoms with Crippen molar-refractivity contribution in [2.24, 2.45) is 0 Å². The molecular formula is C23H31N7O2. The van der Waals surface area contributed by atoms with E-state index in [-0.39, 0.29) is 5.91 Å². The van der Waals surface area contributed by atoms with Gasteiger partial charge in [0.05, 0.1) is 24.4 Å². The largest absolute Gasteiger partial charge is 0.379 e. The number of ether oxygens (including phenoxy) is 1. The summed E-state index contributed by atoms with van der Waals surface area (Å²) in [5.74, 6) is 0.747. The van der Waals surface area contributed by atoms with Gasteiger partial charge in [-0.25, -0.2) is 9.97 Å². The molecule has 9 nitrogen and oxygen atoms in total. The molecule has 0 atom stereocenters. The minimum absolute atomic E-state index is 0.00430. The lowest BCUT2D eigenvalue weighted by Crippen LogP contribution is -2.44. The first-order valence-electron chi connectivity index (χ1n) is 11.4. The van der Waals surface area contributed by atoms with Crippen molar-refractivity contribution in [3.05, 3.63) is 48.3 Å². The number of amides is 1. The van der Waals surface area contributed by atoms with Crippen molar-refractivity contribution in [3.8, 4) is 5.95 Å². The summed E-state index contributed by atoms with van der Waals surface area (Å²) in [5, 5.41) is 0. The monoisotopic (exact) mass is 437 g/mol. The SMILES string of the molecule is CN(C)C1CCN(C(=O)c2cn(-c3nc(CN4CCOCC4)c4ccccn34)cn2)CC1. The number of carbonyl (C=O) groups excluding carboxylic acids is 1. The van der Waals surface area contributed by atoms with Crippen LogP contribution in [0.5, 0.6) is 0 Å². The van der Waals surface area contributed by atoms with Crippen molar-refractivity contribution in [2.45, 2.75) is 25.4 Å². The molecule has 170 valence electrons. The maximum Gasteiger partial charge on any atom is 0.274 e. The zero-order chi connectivity index (χ0) is 22.1. The molecule has 3 aromatic heterocycles. The van der Waals surface area contributed by atoms with E-state index in [0.717, 1.165) is 75.9 Å². The molecule has 0 spiro atoms.